The number of aryl methyl sites for hydroxylation is 2. The van der Waals surface area contributed by atoms with Gasteiger partial charge in [-0.05, 0) is 43.9 Å². The highest BCUT2D eigenvalue weighted by Gasteiger charge is 2.21. The molecular formula is C14H18N2O3S. The van der Waals surface area contributed by atoms with Crippen molar-refractivity contribution in [2.24, 2.45) is 4.36 Å². The molecule has 108 valence electrons. The van der Waals surface area contributed by atoms with Gasteiger partial charge in [-0.2, -0.15) is 4.36 Å². The molecule has 0 spiro atoms. The summed E-state index contributed by atoms with van der Waals surface area (Å²) in [7, 11) is -2.49. The van der Waals surface area contributed by atoms with Crippen LogP contribution in [0.3, 0.4) is 0 Å². The molecule has 1 aromatic carbocycles. The molecule has 0 bridgehead atoms. The van der Waals surface area contributed by atoms with Crippen molar-refractivity contribution in [3.8, 4) is 0 Å². The minimum atomic E-state index is -2.49. The molecule has 0 atom stereocenters. The van der Waals surface area contributed by atoms with Crippen LogP contribution in [-0.4, -0.2) is 27.5 Å². The number of carbonyl (C=O) groups excluding carboxylic acids is 2. The molecule has 2 amide bonds. The van der Waals surface area contributed by atoms with Crippen molar-refractivity contribution < 1.29 is 13.8 Å². The number of rotatable bonds is 1. The predicted octanol–water partition coefficient (Wildman–Crippen LogP) is 2.03. The summed E-state index contributed by atoms with van der Waals surface area (Å²) >= 11 is 0. The lowest BCUT2D eigenvalue weighted by atomic mass is 10.1. The van der Waals surface area contributed by atoms with E-state index in [0.717, 1.165) is 24.0 Å². The van der Waals surface area contributed by atoms with Gasteiger partial charge < -0.3 is 5.32 Å². The van der Waals surface area contributed by atoms with Gasteiger partial charge in [0.15, 0.2) is 0 Å². The normalized spacial score (nSPS) is 16.7. The summed E-state index contributed by atoms with van der Waals surface area (Å²) < 4.78 is 15.7. The largest absolute Gasteiger partial charge is 0.343 e. The minimum absolute atomic E-state index is 0.412. The summed E-state index contributed by atoms with van der Waals surface area (Å²) in [6, 6.07) is 5.58. The third kappa shape index (κ3) is 3.45. The number of nitrogens with one attached hydrogen (secondary N) is 1. The molecule has 0 saturated carbocycles. The number of carbonyl (C=O) groups is 2. The van der Waals surface area contributed by atoms with Gasteiger partial charge in [0.05, 0.1) is 9.73 Å². The first-order valence-electron chi connectivity index (χ1n) is 6.55. The number of hydrogen-bond acceptors (Lipinski definition) is 3. The Bertz CT molecular complexity index is 661. The van der Waals surface area contributed by atoms with E-state index in [2.05, 4.69) is 9.68 Å². The van der Waals surface area contributed by atoms with Crippen LogP contribution in [0.15, 0.2) is 22.6 Å². The fourth-order valence-electron chi connectivity index (χ4n) is 2.09. The van der Waals surface area contributed by atoms with Crippen molar-refractivity contribution in [1.82, 2.24) is 0 Å². The molecule has 2 rings (SSSR count). The van der Waals surface area contributed by atoms with Gasteiger partial charge in [-0.25, -0.2) is 4.21 Å². The highest BCUT2D eigenvalue weighted by Crippen LogP contribution is 2.17. The highest BCUT2D eigenvalue weighted by molar-refractivity contribution is 7.94. The zero-order chi connectivity index (χ0) is 14.8. The van der Waals surface area contributed by atoms with E-state index in [0.29, 0.717) is 17.2 Å². The Balaban J connectivity index is 2.14. The van der Waals surface area contributed by atoms with Crippen molar-refractivity contribution in [2.75, 3.05) is 16.8 Å². The molecule has 0 radical (unpaired) electrons. The van der Waals surface area contributed by atoms with E-state index in [1.54, 1.807) is 6.07 Å². The Morgan fingerprint density at radius 3 is 2.50 bits per heavy atom. The molecule has 1 fully saturated rings. The molecule has 0 aliphatic carbocycles. The summed E-state index contributed by atoms with van der Waals surface area (Å²) in [5.74, 6) is -0.948. The first kappa shape index (κ1) is 14.7. The average molecular weight is 294 g/mol. The van der Waals surface area contributed by atoms with Crippen LogP contribution < -0.4 is 5.32 Å². The Kier molecular flexibility index (Phi) is 4.23. The molecule has 5 nitrogen and oxygen atoms in total. The van der Waals surface area contributed by atoms with E-state index in [1.807, 2.05) is 26.0 Å². The van der Waals surface area contributed by atoms with Crippen LogP contribution in [0.25, 0.3) is 0 Å². The van der Waals surface area contributed by atoms with Crippen LogP contribution in [0.5, 0.6) is 0 Å². The van der Waals surface area contributed by atoms with Crippen molar-refractivity contribution in [3.63, 3.8) is 0 Å². The number of anilines is 1. The second-order valence-electron chi connectivity index (χ2n) is 5.06. The van der Waals surface area contributed by atoms with Crippen molar-refractivity contribution in [3.05, 3.63) is 29.3 Å². The minimum Gasteiger partial charge on any atom is -0.317 e. The fourth-order valence-corrected chi connectivity index (χ4v) is 4.17. The third-order valence-corrected chi connectivity index (χ3v) is 5.61. The first-order chi connectivity index (χ1) is 9.39. The molecule has 1 N–H and O–H groups in total. The monoisotopic (exact) mass is 294 g/mol. The maximum Gasteiger partial charge on any atom is 0.343 e. The summed E-state index contributed by atoms with van der Waals surface area (Å²) in [4.78, 5) is 23.6. The summed E-state index contributed by atoms with van der Waals surface area (Å²) in [6.07, 6.45) is 1.60. The number of nitrogens with zero attached hydrogens (tertiary/aromatic N) is 1. The second kappa shape index (κ2) is 5.75. The second-order valence-corrected chi connectivity index (χ2v) is 7.60. The van der Waals surface area contributed by atoms with Crippen LogP contribution in [0, 0.1) is 13.8 Å². The maximum absolute atomic E-state index is 12.1. The molecule has 6 heteroatoms. The van der Waals surface area contributed by atoms with Crippen molar-refractivity contribution >= 4 is 27.2 Å². The van der Waals surface area contributed by atoms with Gasteiger partial charge in [-0.3, -0.25) is 9.59 Å². The molecule has 1 saturated heterocycles. The molecular weight excluding hydrogens is 276 g/mol. The molecule has 1 aliphatic rings. The van der Waals surface area contributed by atoms with E-state index in [1.165, 1.54) is 0 Å². The van der Waals surface area contributed by atoms with Gasteiger partial charge >= 0.3 is 11.8 Å². The smallest absolute Gasteiger partial charge is 0.317 e. The van der Waals surface area contributed by atoms with Gasteiger partial charge in [0.1, 0.15) is 0 Å². The topological polar surface area (TPSA) is 75.6 Å². The quantitative estimate of drug-likeness (QED) is 0.805. The maximum atomic E-state index is 12.1. The Morgan fingerprint density at radius 2 is 1.85 bits per heavy atom. The van der Waals surface area contributed by atoms with Crippen LogP contribution in [-0.2, 0) is 19.3 Å². The highest BCUT2D eigenvalue weighted by atomic mass is 32.2. The number of benzene rings is 1. The SMILES string of the molecule is Cc1ccc(C)c(NC(=O)C(=O)N=S2(=O)CCCC2)c1. The lowest BCUT2D eigenvalue weighted by Gasteiger charge is -2.07. The average Bonchev–Trinajstić information content (AvgIpc) is 2.80. The number of amides is 2. The fraction of sp³-hybridized carbons (Fsp3) is 0.429. The lowest BCUT2D eigenvalue weighted by molar-refractivity contribution is -0.133. The summed E-state index contributed by atoms with van der Waals surface area (Å²) in [5, 5.41) is 2.53. The Morgan fingerprint density at radius 1 is 1.20 bits per heavy atom. The van der Waals surface area contributed by atoms with Crippen molar-refractivity contribution in [2.45, 2.75) is 26.7 Å². The van der Waals surface area contributed by atoms with Crippen LogP contribution in [0.1, 0.15) is 24.0 Å². The van der Waals surface area contributed by atoms with E-state index in [9.17, 15) is 13.8 Å². The predicted molar refractivity (Wildman–Crippen MR) is 79.1 cm³/mol. The van der Waals surface area contributed by atoms with Gasteiger partial charge in [0.2, 0.25) is 0 Å². The Labute approximate surface area is 118 Å². The molecule has 1 aromatic rings. The molecule has 0 unspecified atom stereocenters. The van der Waals surface area contributed by atoms with E-state index < -0.39 is 21.5 Å². The number of hydrogen-bond donors (Lipinski definition) is 1. The zero-order valence-corrected chi connectivity index (χ0v) is 12.5. The summed E-state index contributed by atoms with van der Waals surface area (Å²) in [6.45, 7) is 3.74. The van der Waals surface area contributed by atoms with E-state index >= 15 is 0 Å². The van der Waals surface area contributed by atoms with E-state index in [-0.39, 0.29) is 0 Å². The van der Waals surface area contributed by atoms with Gasteiger partial charge in [0, 0.05) is 17.2 Å². The molecule has 1 aliphatic heterocycles. The van der Waals surface area contributed by atoms with Crippen molar-refractivity contribution in [1.29, 1.82) is 0 Å². The van der Waals surface area contributed by atoms with Gasteiger partial charge in [-0.15, -0.1) is 0 Å². The van der Waals surface area contributed by atoms with Gasteiger partial charge in [0.25, 0.3) is 0 Å². The molecule has 1 heterocycles. The van der Waals surface area contributed by atoms with E-state index in [4.69, 9.17) is 0 Å². The third-order valence-electron chi connectivity index (χ3n) is 3.26. The standard InChI is InChI=1S/C14H18N2O3S/c1-10-5-6-11(2)12(9-10)15-13(17)14(18)16-20(19)7-3-4-8-20/h5-6,9H,3-4,7-8H2,1-2H3,(H,15,17). The Hall–Kier alpha value is -1.69. The first-order valence-corrected chi connectivity index (χ1v) is 8.40. The summed E-state index contributed by atoms with van der Waals surface area (Å²) in [5.41, 5.74) is 2.43. The molecule has 20 heavy (non-hydrogen) atoms. The van der Waals surface area contributed by atoms with Crippen LogP contribution in [0.4, 0.5) is 5.69 Å². The van der Waals surface area contributed by atoms with Gasteiger partial charge in [-0.1, -0.05) is 12.1 Å². The van der Waals surface area contributed by atoms with Crippen LogP contribution >= 0.6 is 0 Å². The lowest BCUT2D eigenvalue weighted by Crippen LogP contribution is -2.23. The molecule has 0 aromatic heterocycles. The zero-order valence-electron chi connectivity index (χ0n) is 11.6. The van der Waals surface area contributed by atoms with Crippen LogP contribution in [0.2, 0.25) is 0 Å².